The minimum Gasteiger partial charge on any atom is -0.325 e. The largest absolute Gasteiger partial charge is 0.325 e. The van der Waals surface area contributed by atoms with Gasteiger partial charge in [-0.1, -0.05) is 71.5 Å². The molecule has 1 saturated carbocycles. The lowest BCUT2D eigenvalue weighted by atomic mass is 10.0. The molecular formula is C23H22Cl3N3OS. The van der Waals surface area contributed by atoms with E-state index in [-0.39, 0.29) is 11.7 Å². The van der Waals surface area contributed by atoms with Gasteiger partial charge in [0.05, 0.1) is 21.5 Å². The smallest absolute Gasteiger partial charge is 0.234 e. The van der Waals surface area contributed by atoms with Gasteiger partial charge >= 0.3 is 0 Å². The first-order valence-electron chi connectivity index (χ1n) is 10.3. The monoisotopic (exact) mass is 493 g/mol. The fourth-order valence-electron chi connectivity index (χ4n) is 3.84. The Labute approximate surface area is 201 Å². The van der Waals surface area contributed by atoms with Crippen LogP contribution in [0.1, 0.15) is 44.1 Å². The maximum atomic E-state index is 12.6. The van der Waals surface area contributed by atoms with Crippen LogP contribution in [0, 0.1) is 0 Å². The fourth-order valence-corrected chi connectivity index (χ4v) is 5.14. The molecule has 2 aromatic rings. The zero-order valence-corrected chi connectivity index (χ0v) is 19.9. The van der Waals surface area contributed by atoms with E-state index < -0.39 is 5.66 Å². The Morgan fingerprint density at radius 3 is 2.32 bits per heavy atom. The summed E-state index contributed by atoms with van der Waals surface area (Å²) in [6, 6.07) is 12.7. The Bertz CT molecular complexity index is 1030. The molecule has 1 heterocycles. The Kier molecular flexibility index (Phi) is 7.27. The number of thioether (sulfide) groups is 1. The number of rotatable bonds is 4. The first-order valence-corrected chi connectivity index (χ1v) is 12.4. The standard InChI is InChI=1S/C23H22Cl3N3OS/c24-16-7-5-15(6-8-16)21-22(29-23(28-21)11-3-1-2-4-12-23)31-14-20(30)27-17-9-10-18(25)19(26)13-17/h5-10,13H,1-4,11-12,14H2,(H,27,30). The number of benzene rings is 2. The summed E-state index contributed by atoms with van der Waals surface area (Å²) in [6.45, 7) is 0. The van der Waals surface area contributed by atoms with E-state index in [0.717, 1.165) is 42.0 Å². The van der Waals surface area contributed by atoms with Gasteiger partial charge in [0.15, 0.2) is 5.66 Å². The minimum absolute atomic E-state index is 0.136. The number of nitrogens with zero attached hydrogens (tertiary/aromatic N) is 2. The Morgan fingerprint density at radius 2 is 1.65 bits per heavy atom. The molecule has 1 amide bonds. The number of halogens is 3. The van der Waals surface area contributed by atoms with Gasteiger partial charge in [-0.25, -0.2) is 4.99 Å². The predicted molar refractivity (Wildman–Crippen MR) is 133 cm³/mol. The van der Waals surface area contributed by atoms with Crippen LogP contribution in [-0.4, -0.2) is 28.1 Å². The average molecular weight is 495 g/mol. The fraction of sp³-hybridized carbons (Fsp3) is 0.348. The molecule has 1 N–H and O–H groups in total. The van der Waals surface area contributed by atoms with E-state index in [2.05, 4.69) is 5.32 Å². The molecule has 31 heavy (non-hydrogen) atoms. The predicted octanol–water partition coefficient (Wildman–Crippen LogP) is 7.27. The highest BCUT2D eigenvalue weighted by Crippen LogP contribution is 2.38. The highest BCUT2D eigenvalue weighted by atomic mass is 35.5. The molecule has 0 aromatic heterocycles. The van der Waals surface area contributed by atoms with Gasteiger partial charge < -0.3 is 5.32 Å². The van der Waals surface area contributed by atoms with Crippen molar-refractivity contribution >= 4 is 68.9 Å². The van der Waals surface area contributed by atoms with Crippen molar-refractivity contribution in [3.8, 4) is 0 Å². The van der Waals surface area contributed by atoms with Crippen LogP contribution >= 0.6 is 46.6 Å². The van der Waals surface area contributed by atoms with Crippen LogP contribution in [-0.2, 0) is 4.79 Å². The van der Waals surface area contributed by atoms with Crippen molar-refractivity contribution in [1.82, 2.24) is 0 Å². The van der Waals surface area contributed by atoms with E-state index in [9.17, 15) is 4.79 Å². The molecule has 0 bridgehead atoms. The summed E-state index contributed by atoms with van der Waals surface area (Å²) < 4.78 is 0. The topological polar surface area (TPSA) is 53.8 Å². The molecule has 8 heteroatoms. The van der Waals surface area contributed by atoms with Crippen LogP contribution < -0.4 is 5.32 Å². The molecule has 1 fully saturated rings. The first-order chi connectivity index (χ1) is 14.9. The minimum atomic E-state index is -0.395. The number of carbonyl (C=O) groups is 1. The molecule has 4 nitrogen and oxygen atoms in total. The van der Waals surface area contributed by atoms with Crippen molar-refractivity contribution in [1.29, 1.82) is 0 Å². The molecule has 0 unspecified atom stereocenters. The number of amides is 1. The number of anilines is 1. The van der Waals surface area contributed by atoms with Crippen LogP contribution in [0.15, 0.2) is 52.4 Å². The van der Waals surface area contributed by atoms with Crippen LogP contribution in [0.3, 0.4) is 0 Å². The van der Waals surface area contributed by atoms with Gasteiger partial charge in [-0.3, -0.25) is 9.79 Å². The van der Waals surface area contributed by atoms with Crippen LogP contribution in [0.25, 0.3) is 0 Å². The van der Waals surface area contributed by atoms with Gasteiger partial charge in [0.2, 0.25) is 5.91 Å². The van der Waals surface area contributed by atoms with E-state index >= 15 is 0 Å². The lowest BCUT2D eigenvalue weighted by molar-refractivity contribution is -0.113. The zero-order valence-electron chi connectivity index (χ0n) is 16.8. The van der Waals surface area contributed by atoms with Crippen molar-refractivity contribution in [3.05, 3.63) is 63.1 Å². The van der Waals surface area contributed by atoms with Crippen LogP contribution in [0.2, 0.25) is 15.1 Å². The maximum absolute atomic E-state index is 12.6. The number of carbonyl (C=O) groups excluding carboxylic acids is 1. The Morgan fingerprint density at radius 1 is 0.935 bits per heavy atom. The van der Waals surface area contributed by atoms with E-state index in [1.807, 2.05) is 24.3 Å². The third-order valence-corrected chi connectivity index (χ3v) is 7.35. The summed E-state index contributed by atoms with van der Waals surface area (Å²) in [4.78, 5) is 22.7. The highest BCUT2D eigenvalue weighted by Gasteiger charge is 2.37. The van der Waals surface area contributed by atoms with Crippen LogP contribution in [0.4, 0.5) is 5.69 Å². The second-order valence-corrected chi connectivity index (χ2v) is 9.96. The van der Waals surface area contributed by atoms with Gasteiger partial charge in [-0.15, -0.1) is 0 Å². The first kappa shape index (κ1) is 22.7. The lowest BCUT2D eigenvalue weighted by Gasteiger charge is -2.20. The van der Waals surface area contributed by atoms with Crippen LogP contribution in [0.5, 0.6) is 0 Å². The van der Waals surface area contributed by atoms with Gasteiger partial charge in [0, 0.05) is 16.3 Å². The summed E-state index contributed by atoms with van der Waals surface area (Å²) in [5.41, 5.74) is 2.04. The summed E-state index contributed by atoms with van der Waals surface area (Å²) in [5.74, 6) is 0.0882. The normalized spacial score (nSPS) is 17.8. The molecule has 1 aliphatic carbocycles. The van der Waals surface area contributed by atoms with Gasteiger partial charge in [0.1, 0.15) is 5.04 Å². The van der Waals surface area contributed by atoms with Crippen molar-refractivity contribution in [3.63, 3.8) is 0 Å². The van der Waals surface area contributed by atoms with Crippen molar-refractivity contribution < 1.29 is 4.79 Å². The van der Waals surface area contributed by atoms with Gasteiger partial charge in [-0.2, -0.15) is 0 Å². The molecule has 1 spiro atoms. The molecule has 2 aromatic carbocycles. The third-order valence-electron chi connectivity index (χ3n) is 5.40. The van der Waals surface area contributed by atoms with Gasteiger partial charge in [-0.05, 0) is 56.0 Å². The second kappa shape index (κ2) is 9.95. The number of nitrogens with one attached hydrogen (secondary N) is 1. The summed E-state index contributed by atoms with van der Waals surface area (Å²) >= 11 is 19.5. The van der Waals surface area contributed by atoms with E-state index in [0.29, 0.717) is 20.8 Å². The average Bonchev–Trinajstić information content (AvgIpc) is 2.94. The third kappa shape index (κ3) is 5.64. The number of hydrogen-bond acceptors (Lipinski definition) is 4. The van der Waals surface area contributed by atoms with Crippen molar-refractivity contribution in [2.45, 2.75) is 44.2 Å². The zero-order chi connectivity index (χ0) is 21.8. The highest BCUT2D eigenvalue weighted by molar-refractivity contribution is 8.16. The lowest BCUT2D eigenvalue weighted by Crippen LogP contribution is -2.20. The number of aliphatic imine (C=N–C) groups is 2. The van der Waals surface area contributed by atoms with E-state index in [1.165, 1.54) is 24.6 Å². The molecule has 162 valence electrons. The quantitative estimate of drug-likeness (QED) is 0.486. The van der Waals surface area contributed by atoms with E-state index in [1.54, 1.807) is 18.2 Å². The van der Waals surface area contributed by atoms with Gasteiger partial charge in [0.25, 0.3) is 0 Å². The molecule has 1 aliphatic heterocycles. The number of hydrogen-bond donors (Lipinski definition) is 1. The molecular weight excluding hydrogens is 473 g/mol. The van der Waals surface area contributed by atoms with Crippen molar-refractivity contribution in [2.75, 3.05) is 11.1 Å². The summed E-state index contributed by atoms with van der Waals surface area (Å²) in [6.07, 6.45) is 6.58. The molecule has 0 saturated heterocycles. The molecule has 2 aliphatic rings. The Balaban J connectivity index is 1.51. The summed E-state index contributed by atoms with van der Waals surface area (Å²) in [7, 11) is 0. The SMILES string of the molecule is O=C(CSC1=NC2(CCCCCC2)N=C1c1ccc(Cl)cc1)Nc1ccc(Cl)c(Cl)c1. The van der Waals surface area contributed by atoms with E-state index in [4.69, 9.17) is 44.8 Å². The summed E-state index contributed by atoms with van der Waals surface area (Å²) in [5, 5.41) is 5.21. The van der Waals surface area contributed by atoms with Crippen molar-refractivity contribution in [2.24, 2.45) is 9.98 Å². The Hall–Kier alpha value is -1.53. The second-order valence-electron chi connectivity index (χ2n) is 7.75. The molecule has 0 atom stereocenters. The molecule has 0 radical (unpaired) electrons. The maximum Gasteiger partial charge on any atom is 0.234 e. The molecule has 4 rings (SSSR count).